The van der Waals surface area contributed by atoms with Gasteiger partial charge in [0.2, 0.25) is 0 Å². The van der Waals surface area contributed by atoms with E-state index in [9.17, 15) is 14.7 Å². The van der Waals surface area contributed by atoms with Crippen molar-refractivity contribution in [2.75, 3.05) is 34.9 Å². The van der Waals surface area contributed by atoms with Gasteiger partial charge in [0.1, 0.15) is 19.0 Å². The Morgan fingerprint density at radius 1 is 1.25 bits per heavy atom. The molecule has 1 N–H and O–H groups in total. The summed E-state index contributed by atoms with van der Waals surface area (Å²) < 4.78 is 26.9. The van der Waals surface area contributed by atoms with Crippen molar-refractivity contribution in [3.8, 4) is 0 Å². The lowest BCUT2D eigenvalue weighted by Crippen LogP contribution is -2.63. The van der Waals surface area contributed by atoms with Crippen LogP contribution in [-0.2, 0) is 33.3 Å². The molecule has 0 heterocycles. The maximum atomic E-state index is 13.9. The van der Waals surface area contributed by atoms with Crippen LogP contribution in [0.15, 0.2) is 12.2 Å². The molecule has 5 atom stereocenters. The highest BCUT2D eigenvalue weighted by Gasteiger charge is 2.78. The third kappa shape index (κ3) is 3.31. The Hall–Kier alpha value is -1.32. The van der Waals surface area contributed by atoms with Gasteiger partial charge in [0.15, 0.2) is 11.4 Å². The Morgan fingerprint density at radius 2 is 1.86 bits per heavy atom. The first kappa shape index (κ1) is 23.0. The number of fused-ring (bicyclic) bond motifs is 2. The highest BCUT2D eigenvalue weighted by molar-refractivity contribution is 6.12. The molecule has 8 nitrogen and oxygen atoms in total. The molecule has 0 aliphatic heterocycles. The molecule has 0 spiro atoms. The van der Waals surface area contributed by atoms with Crippen molar-refractivity contribution in [1.82, 2.24) is 0 Å². The Balaban J connectivity index is 2.73. The fraction of sp³-hybridized carbons (Fsp3) is 0.800. The van der Waals surface area contributed by atoms with Gasteiger partial charge in [0, 0.05) is 26.1 Å². The van der Waals surface area contributed by atoms with Crippen LogP contribution in [-0.4, -0.2) is 69.1 Å². The van der Waals surface area contributed by atoms with Gasteiger partial charge in [-0.1, -0.05) is 12.2 Å². The minimum absolute atomic E-state index is 0.0443. The largest absolute Gasteiger partial charge is 0.468 e. The summed E-state index contributed by atoms with van der Waals surface area (Å²) in [5, 5.41) is 11.0. The molecule has 2 aliphatic carbocycles. The summed E-state index contributed by atoms with van der Waals surface area (Å²) in [6.45, 7) is 8.74. The highest BCUT2D eigenvalue weighted by Crippen LogP contribution is 2.63. The van der Waals surface area contributed by atoms with Crippen molar-refractivity contribution in [1.29, 1.82) is 0 Å². The first-order valence-electron chi connectivity index (χ1n) is 9.28. The monoisotopic (exact) mass is 400 g/mol. The third-order valence-electron chi connectivity index (χ3n) is 6.13. The van der Waals surface area contributed by atoms with Crippen molar-refractivity contribution in [3.05, 3.63) is 12.2 Å². The van der Waals surface area contributed by atoms with Crippen LogP contribution in [0.4, 0.5) is 0 Å². The lowest BCUT2D eigenvalue weighted by atomic mass is 9.57. The summed E-state index contributed by atoms with van der Waals surface area (Å²) >= 11 is 0. The number of hydrogen-bond acceptors (Lipinski definition) is 8. The van der Waals surface area contributed by atoms with E-state index in [1.165, 1.54) is 21.3 Å². The number of esters is 1. The fourth-order valence-electron chi connectivity index (χ4n) is 5.01. The third-order valence-corrected chi connectivity index (χ3v) is 6.13. The summed E-state index contributed by atoms with van der Waals surface area (Å²) in [5.74, 6) is -2.48. The average molecular weight is 400 g/mol. The number of ketones is 1. The summed E-state index contributed by atoms with van der Waals surface area (Å²) in [6, 6.07) is 0. The molecule has 2 aliphatic rings. The molecule has 2 fully saturated rings. The van der Waals surface area contributed by atoms with Gasteiger partial charge in [-0.2, -0.15) is 0 Å². The molecule has 2 bridgehead atoms. The predicted molar refractivity (Wildman–Crippen MR) is 99.2 cm³/mol. The van der Waals surface area contributed by atoms with E-state index in [2.05, 4.69) is 6.58 Å². The van der Waals surface area contributed by atoms with Crippen LogP contribution in [0.1, 0.15) is 33.6 Å². The molecule has 0 amide bonds. The van der Waals surface area contributed by atoms with Crippen molar-refractivity contribution < 1.29 is 38.4 Å². The van der Waals surface area contributed by atoms with Crippen molar-refractivity contribution in [2.24, 2.45) is 17.3 Å². The summed E-state index contributed by atoms with van der Waals surface area (Å²) in [5.41, 5.74) is -3.79. The molecule has 28 heavy (non-hydrogen) atoms. The van der Waals surface area contributed by atoms with E-state index in [0.29, 0.717) is 12.0 Å². The van der Waals surface area contributed by atoms with E-state index >= 15 is 0 Å². The topological polar surface area (TPSA) is 101 Å². The van der Waals surface area contributed by atoms with E-state index in [1.54, 1.807) is 20.8 Å². The summed E-state index contributed by atoms with van der Waals surface area (Å²) in [7, 11) is 4.17. The zero-order chi connectivity index (χ0) is 21.3. The number of carbonyl (C=O) groups is 2. The molecule has 0 aromatic rings. The first-order chi connectivity index (χ1) is 13.0. The summed E-state index contributed by atoms with van der Waals surface area (Å²) in [4.78, 5) is 27.0. The van der Waals surface area contributed by atoms with Gasteiger partial charge in [0.25, 0.3) is 0 Å². The Morgan fingerprint density at radius 3 is 2.32 bits per heavy atom. The molecular weight excluding hydrogens is 368 g/mol. The van der Waals surface area contributed by atoms with Crippen LogP contribution in [0.25, 0.3) is 0 Å². The van der Waals surface area contributed by atoms with Gasteiger partial charge in [0.05, 0.1) is 18.8 Å². The smallest absolute Gasteiger partial charge is 0.320 e. The van der Waals surface area contributed by atoms with Crippen LogP contribution in [0.2, 0.25) is 0 Å². The Labute approximate surface area is 166 Å². The molecule has 0 unspecified atom stereocenters. The van der Waals surface area contributed by atoms with Crippen LogP contribution in [0.3, 0.4) is 0 Å². The lowest BCUT2D eigenvalue weighted by molar-refractivity contribution is -0.220. The molecule has 0 radical (unpaired) electrons. The van der Waals surface area contributed by atoms with Gasteiger partial charge >= 0.3 is 5.97 Å². The molecule has 2 saturated carbocycles. The van der Waals surface area contributed by atoms with E-state index in [1.807, 2.05) is 0 Å². The molecular formula is C20H32O8. The zero-order valence-electron chi connectivity index (χ0n) is 17.6. The second-order valence-corrected chi connectivity index (χ2v) is 8.24. The average Bonchev–Trinajstić information content (AvgIpc) is 2.81. The minimum Gasteiger partial charge on any atom is -0.468 e. The lowest BCUT2D eigenvalue weighted by Gasteiger charge is -2.47. The fourth-order valence-corrected chi connectivity index (χ4v) is 5.01. The molecule has 0 saturated heterocycles. The predicted octanol–water partition coefficient (Wildman–Crippen LogP) is 1.45. The second-order valence-electron chi connectivity index (χ2n) is 8.24. The number of ether oxygens (including phenoxy) is 5. The Kier molecular flexibility index (Phi) is 6.72. The van der Waals surface area contributed by atoms with E-state index in [0.717, 1.165) is 0 Å². The second kappa shape index (κ2) is 8.20. The number of Topliss-reactive ketones (excluding diaryl/α,β-unsaturated/α-hetero) is 1. The maximum absolute atomic E-state index is 13.9. The van der Waals surface area contributed by atoms with E-state index in [4.69, 9.17) is 23.7 Å². The van der Waals surface area contributed by atoms with Crippen molar-refractivity contribution in [2.45, 2.75) is 50.9 Å². The van der Waals surface area contributed by atoms with Gasteiger partial charge in [-0.3, -0.25) is 9.59 Å². The number of carbonyl (C=O) groups excluding carboxylic acids is 2. The van der Waals surface area contributed by atoms with Crippen LogP contribution < -0.4 is 0 Å². The van der Waals surface area contributed by atoms with E-state index in [-0.39, 0.29) is 20.0 Å². The van der Waals surface area contributed by atoms with Crippen LogP contribution in [0, 0.1) is 17.3 Å². The molecule has 2 rings (SSSR count). The minimum atomic E-state index is -1.61. The normalized spacial score (nSPS) is 35.1. The van der Waals surface area contributed by atoms with Crippen LogP contribution >= 0.6 is 0 Å². The number of hydrogen-bond donors (Lipinski definition) is 1. The number of methoxy groups -OCH3 is 3. The van der Waals surface area contributed by atoms with Gasteiger partial charge in [-0.05, 0) is 33.6 Å². The van der Waals surface area contributed by atoms with Crippen LogP contribution in [0.5, 0.6) is 0 Å². The molecule has 160 valence electrons. The molecule has 8 heteroatoms. The summed E-state index contributed by atoms with van der Waals surface area (Å²) in [6.07, 6.45) is -0.302. The number of rotatable bonds is 9. The van der Waals surface area contributed by atoms with Gasteiger partial charge in [-0.15, -0.1) is 0 Å². The van der Waals surface area contributed by atoms with Gasteiger partial charge in [-0.25, -0.2) is 0 Å². The maximum Gasteiger partial charge on any atom is 0.320 e. The quantitative estimate of drug-likeness (QED) is 0.269. The molecule has 0 aromatic heterocycles. The van der Waals surface area contributed by atoms with Crippen molar-refractivity contribution >= 4 is 11.8 Å². The van der Waals surface area contributed by atoms with E-state index < -0.39 is 46.3 Å². The Bertz CT molecular complexity index is 624. The highest BCUT2D eigenvalue weighted by atomic mass is 16.7. The zero-order valence-corrected chi connectivity index (χ0v) is 17.6. The van der Waals surface area contributed by atoms with Gasteiger partial charge < -0.3 is 28.8 Å². The SMILES string of the molecule is C=C(C)[C@@H]1C[C@@H](OCOC)[C@]2(OCOC)C[C@@H](C(C)(C)O)[C@@]1(C(=O)OC)C2=O. The number of aliphatic hydroxyl groups is 1. The molecule has 0 aromatic carbocycles. The standard InChI is InChI=1S/C20H32O8/c1-12(2)13-8-15(27-10-24-5)19(28-11-25-6)9-14(18(3,4)23)20(13,16(19)21)17(22)26-7/h13-15,23H,1,8-11H2,2-7H3/t13-,14-,15+,19+,20+/m0/s1. The van der Waals surface area contributed by atoms with Crippen molar-refractivity contribution in [3.63, 3.8) is 0 Å². The first-order valence-corrected chi connectivity index (χ1v) is 9.28. The number of allylic oxidation sites excluding steroid dienone is 1.